The van der Waals surface area contributed by atoms with Gasteiger partial charge >= 0.3 is 0 Å². The number of hydrogen-bond acceptors (Lipinski definition) is 4. The van der Waals surface area contributed by atoms with E-state index in [4.69, 9.17) is 0 Å². The number of carbonyl (C=O) groups is 1. The predicted octanol–water partition coefficient (Wildman–Crippen LogP) is 2.86. The lowest BCUT2D eigenvalue weighted by molar-refractivity contribution is -0.00398. The number of aliphatic hydroxyl groups excluding tert-OH is 1. The van der Waals surface area contributed by atoms with Crippen LogP contribution in [0.25, 0.3) is 0 Å². The quantitative estimate of drug-likeness (QED) is 0.852. The fraction of sp³-hybridized carbons (Fsp3) is 0.458. The van der Waals surface area contributed by atoms with Crippen LogP contribution in [0.4, 0.5) is 0 Å². The van der Waals surface area contributed by atoms with Gasteiger partial charge in [-0.1, -0.05) is 42.5 Å². The van der Waals surface area contributed by atoms with Crippen LogP contribution in [0.1, 0.15) is 46.1 Å². The molecule has 5 heteroatoms. The molecule has 2 aromatic carbocycles. The fourth-order valence-corrected chi connectivity index (χ4v) is 5.08. The van der Waals surface area contributed by atoms with Gasteiger partial charge in [0.2, 0.25) is 0 Å². The van der Waals surface area contributed by atoms with Crippen molar-refractivity contribution in [2.75, 3.05) is 32.7 Å². The fourth-order valence-electron chi connectivity index (χ4n) is 5.08. The Hall–Kier alpha value is -2.21. The number of likely N-dealkylation sites (tertiary alicyclic amines) is 1. The molecule has 5 nitrogen and oxygen atoms in total. The molecule has 0 radical (unpaired) electrons. The Morgan fingerprint density at radius 1 is 0.897 bits per heavy atom. The number of rotatable bonds is 5. The van der Waals surface area contributed by atoms with Crippen LogP contribution in [-0.2, 0) is 13.1 Å². The molecule has 0 bridgehead atoms. The number of amides is 1. The van der Waals surface area contributed by atoms with E-state index in [0.29, 0.717) is 5.92 Å². The molecule has 3 heterocycles. The molecule has 0 aromatic heterocycles. The van der Waals surface area contributed by atoms with Gasteiger partial charge in [0.1, 0.15) is 6.23 Å². The zero-order chi connectivity index (χ0) is 19.8. The van der Waals surface area contributed by atoms with Gasteiger partial charge in [-0.25, -0.2) is 0 Å². The molecule has 0 aliphatic carbocycles. The van der Waals surface area contributed by atoms with Crippen molar-refractivity contribution in [1.82, 2.24) is 14.7 Å². The largest absolute Gasteiger partial charge is 0.374 e. The first kappa shape index (κ1) is 18.8. The van der Waals surface area contributed by atoms with Gasteiger partial charge in [-0.15, -0.1) is 0 Å². The van der Waals surface area contributed by atoms with E-state index in [0.717, 1.165) is 75.3 Å². The van der Waals surface area contributed by atoms with E-state index < -0.39 is 6.23 Å². The van der Waals surface area contributed by atoms with E-state index in [1.54, 1.807) is 0 Å². The second-order valence-corrected chi connectivity index (χ2v) is 8.67. The monoisotopic (exact) mass is 391 g/mol. The molecule has 0 spiro atoms. The SMILES string of the molecule is O=C1c2ccccc2CN1CCN1CCC(CN2Cc3ccccc3C2O)CC1. The molecule has 1 saturated heterocycles. The summed E-state index contributed by atoms with van der Waals surface area (Å²) in [6.07, 6.45) is 1.87. The Morgan fingerprint density at radius 2 is 1.62 bits per heavy atom. The maximum atomic E-state index is 12.5. The summed E-state index contributed by atoms with van der Waals surface area (Å²) in [5.74, 6) is 0.811. The second kappa shape index (κ2) is 7.90. The first-order chi connectivity index (χ1) is 14.2. The van der Waals surface area contributed by atoms with Crippen LogP contribution < -0.4 is 0 Å². The number of piperidine rings is 1. The highest BCUT2D eigenvalue weighted by Crippen LogP contribution is 2.33. The molecule has 0 saturated carbocycles. The van der Waals surface area contributed by atoms with E-state index in [-0.39, 0.29) is 5.91 Å². The second-order valence-electron chi connectivity index (χ2n) is 8.67. The molecule has 5 rings (SSSR count). The van der Waals surface area contributed by atoms with E-state index in [2.05, 4.69) is 28.0 Å². The molecule has 1 N–H and O–H groups in total. The highest BCUT2D eigenvalue weighted by molar-refractivity contribution is 5.98. The first-order valence-corrected chi connectivity index (χ1v) is 10.8. The van der Waals surface area contributed by atoms with Crippen LogP contribution in [0.3, 0.4) is 0 Å². The van der Waals surface area contributed by atoms with Crippen LogP contribution in [0.15, 0.2) is 48.5 Å². The lowest BCUT2D eigenvalue weighted by Gasteiger charge is -2.35. The molecule has 152 valence electrons. The smallest absolute Gasteiger partial charge is 0.254 e. The van der Waals surface area contributed by atoms with E-state index >= 15 is 0 Å². The molecule has 1 unspecified atom stereocenters. The summed E-state index contributed by atoms with van der Waals surface area (Å²) in [5.41, 5.74) is 4.35. The van der Waals surface area contributed by atoms with Crippen LogP contribution in [0.2, 0.25) is 0 Å². The van der Waals surface area contributed by atoms with Crippen molar-refractivity contribution in [3.8, 4) is 0 Å². The van der Waals surface area contributed by atoms with Crippen LogP contribution in [-0.4, -0.2) is 58.4 Å². The number of nitrogens with zero attached hydrogens (tertiary/aromatic N) is 3. The average Bonchev–Trinajstić information content (AvgIpc) is 3.25. The summed E-state index contributed by atoms with van der Waals surface area (Å²) >= 11 is 0. The Morgan fingerprint density at radius 3 is 2.38 bits per heavy atom. The Bertz CT molecular complexity index is 891. The maximum absolute atomic E-state index is 12.5. The summed E-state index contributed by atoms with van der Waals surface area (Å²) in [6, 6.07) is 16.2. The summed E-state index contributed by atoms with van der Waals surface area (Å²) in [4.78, 5) is 19.2. The predicted molar refractivity (Wildman–Crippen MR) is 112 cm³/mol. The lowest BCUT2D eigenvalue weighted by atomic mass is 9.96. The Kier molecular flexibility index (Phi) is 5.12. The van der Waals surface area contributed by atoms with Gasteiger partial charge in [-0.3, -0.25) is 9.69 Å². The lowest BCUT2D eigenvalue weighted by Crippen LogP contribution is -2.42. The van der Waals surface area contributed by atoms with E-state index in [9.17, 15) is 9.90 Å². The van der Waals surface area contributed by atoms with Crippen LogP contribution in [0.5, 0.6) is 0 Å². The zero-order valence-corrected chi connectivity index (χ0v) is 16.8. The minimum atomic E-state index is -0.452. The molecule has 1 atom stereocenters. The number of aliphatic hydroxyl groups is 1. The normalized spacial score (nSPS) is 22.9. The first-order valence-electron chi connectivity index (χ1n) is 10.8. The maximum Gasteiger partial charge on any atom is 0.254 e. The molecular formula is C24H29N3O2. The summed E-state index contributed by atoms with van der Waals surface area (Å²) in [6.45, 7) is 6.48. The molecule has 3 aliphatic rings. The summed E-state index contributed by atoms with van der Waals surface area (Å²) in [5, 5.41) is 10.6. The summed E-state index contributed by atoms with van der Waals surface area (Å²) < 4.78 is 0. The van der Waals surface area contributed by atoms with Crippen molar-refractivity contribution in [3.63, 3.8) is 0 Å². The Labute approximate surface area is 172 Å². The molecule has 1 fully saturated rings. The Balaban J connectivity index is 1.08. The van der Waals surface area contributed by atoms with Gasteiger partial charge in [0.15, 0.2) is 0 Å². The zero-order valence-electron chi connectivity index (χ0n) is 16.8. The highest BCUT2D eigenvalue weighted by Gasteiger charge is 2.31. The van der Waals surface area contributed by atoms with Crippen LogP contribution in [0, 0.1) is 5.92 Å². The van der Waals surface area contributed by atoms with Gasteiger partial charge in [-0.05, 0) is 54.6 Å². The van der Waals surface area contributed by atoms with Crippen LogP contribution >= 0.6 is 0 Å². The van der Waals surface area contributed by atoms with Gasteiger partial charge < -0.3 is 14.9 Å². The standard InChI is InChI=1S/C24H29N3O2/c28-23-21-7-3-1-5-19(21)16-26(23)14-13-25-11-9-18(10-12-25)15-27-17-20-6-2-4-8-22(20)24(27)29/h1-8,18,24,29H,9-17H2. The number of hydrogen-bond donors (Lipinski definition) is 1. The van der Waals surface area contributed by atoms with E-state index in [1.165, 1.54) is 5.56 Å². The molecule has 3 aliphatic heterocycles. The number of carbonyl (C=O) groups excluding carboxylic acids is 1. The molecule has 1 amide bonds. The van der Waals surface area contributed by atoms with Gasteiger partial charge in [0.05, 0.1) is 0 Å². The minimum Gasteiger partial charge on any atom is -0.374 e. The number of benzene rings is 2. The summed E-state index contributed by atoms with van der Waals surface area (Å²) in [7, 11) is 0. The number of fused-ring (bicyclic) bond motifs is 2. The van der Waals surface area contributed by atoms with Gasteiger partial charge in [0, 0.05) is 38.3 Å². The van der Waals surface area contributed by atoms with Gasteiger partial charge in [0.25, 0.3) is 5.91 Å². The highest BCUT2D eigenvalue weighted by atomic mass is 16.3. The van der Waals surface area contributed by atoms with Gasteiger partial charge in [-0.2, -0.15) is 0 Å². The molecule has 2 aromatic rings. The molecule has 29 heavy (non-hydrogen) atoms. The topological polar surface area (TPSA) is 47.0 Å². The third-order valence-electron chi connectivity index (χ3n) is 6.83. The van der Waals surface area contributed by atoms with Crippen molar-refractivity contribution in [3.05, 3.63) is 70.8 Å². The van der Waals surface area contributed by atoms with Crippen molar-refractivity contribution in [1.29, 1.82) is 0 Å². The van der Waals surface area contributed by atoms with Crippen molar-refractivity contribution < 1.29 is 9.90 Å². The van der Waals surface area contributed by atoms with Crippen molar-refractivity contribution in [2.45, 2.75) is 32.2 Å². The third kappa shape index (κ3) is 3.70. The average molecular weight is 392 g/mol. The van der Waals surface area contributed by atoms with E-state index in [1.807, 2.05) is 35.2 Å². The van der Waals surface area contributed by atoms with Crippen molar-refractivity contribution in [2.24, 2.45) is 5.92 Å². The molecular weight excluding hydrogens is 362 g/mol. The van der Waals surface area contributed by atoms with Crippen molar-refractivity contribution >= 4 is 5.91 Å². The minimum absolute atomic E-state index is 0.179. The third-order valence-corrected chi connectivity index (χ3v) is 6.83.